The van der Waals surface area contributed by atoms with E-state index >= 15 is 22.0 Å². The van der Waals surface area contributed by atoms with Crippen LogP contribution in [0.4, 0.5) is 43.9 Å². The lowest BCUT2D eigenvalue weighted by Gasteiger charge is -2.23. The lowest BCUT2D eigenvalue weighted by Crippen LogP contribution is -2.25. The van der Waals surface area contributed by atoms with Crippen molar-refractivity contribution in [3.05, 3.63) is 113 Å². The molecule has 1 aliphatic carbocycles. The molecule has 4 aromatic carbocycles. The molecule has 1 aliphatic rings. The van der Waals surface area contributed by atoms with Gasteiger partial charge in [-0.2, -0.15) is 22.0 Å². The van der Waals surface area contributed by atoms with Crippen LogP contribution in [0.15, 0.2) is 66.7 Å². The van der Waals surface area contributed by atoms with Gasteiger partial charge in [0.15, 0.2) is 0 Å². The first-order chi connectivity index (χ1) is 21.2. The summed E-state index contributed by atoms with van der Waals surface area (Å²) >= 11 is 0. The van der Waals surface area contributed by atoms with Crippen molar-refractivity contribution >= 4 is 10.8 Å². The molecule has 2 unspecified atom stereocenters. The molecular formula is C34H22F10O. The molecule has 234 valence electrons. The molecule has 45 heavy (non-hydrogen) atoms. The van der Waals surface area contributed by atoms with E-state index in [9.17, 15) is 22.0 Å². The van der Waals surface area contributed by atoms with Crippen molar-refractivity contribution in [2.24, 2.45) is 5.92 Å². The second-order valence-electron chi connectivity index (χ2n) is 10.6. The molecule has 0 fully saturated rings. The molecule has 2 atom stereocenters. The van der Waals surface area contributed by atoms with Gasteiger partial charge >= 0.3 is 12.3 Å². The average Bonchev–Trinajstić information content (AvgIpc) is 2.95. The van der Waals surface area contributed by atoms with Gasteiger partial charge in [0.2, 0.25) is 0 Å². The highest BCUT2D eigenvalue weighted by Gasteiger charge is 2.41. The highest BCUT2D eigenvalue weighted by Crippen LogP contribution is 2.39. The predicted molar refractivity (Wildman–Crippen MR) is 148 cm³/mol. The van der Waals surface area contributed by atoms with E-state index in [-0.39, 0.29) is 17.0 Å². The van der Waals surface area contributed by atoms with Gasteiger partial charge < -0.3 is 4.74 Å². The molecule has 0 spiro atoms. The predicted octanol–water partition coefficient (Wildman–Crippen LogP) is 10.7. The molecule has 0 amide bonds. The molecule has 0 N–H and O–H groups in total. The molecular weight excluding hydrogens is 614 g/mol. The molecule has 0 heterocycles. The van der Waals surface area contributed by atoms with E-state index in [1.807, 2.05) is 6.08 Å². The van der Waals surface area contributed by atoms with Crippen LogP contribution in [0.5, 0.6) is 5.75 Å². The number of benzene rings is 4. The third-order valence-corrected chi connectivity index (χ3v) is 7.63. The zero-order chi connectivity index (χ0) is 32.7. The van der Waals surface area contributed by atoms with Crippen molar-refractivity contribution in [2.75, 3.05) is 0 Å². The largest absolute Gasteiger partial charge is 0.458 e. The number of allylic oxidation sites excluding steroid dienone is 2. The van der Waals surface area contributed by atoms with Gasteiger partial charge in [0.05, 0.1) is 5.56 Å². The second-order valence-corrected chi connectivity index (χ2v) is 10.6. The Labute approximate surface area is 251 Å². The second kappa shape index (κ2) is 12.1. The van der Waals surface area contributed by atoms with Crippen molar-refractivity contribution < 1.29 is 48.6 Å². The van der Waals surface area contributed by atoms with Crippen LogP contribution in [0.25, 0.3) is 21.9 Å². The van der Waals surface area contributed by atoms with Crippen molar-refractivity contribution in [1.29, 1.82) is 0 Å². The Balaban J connectivity index is 1.41. The Morgan fingerprint density at radius 2 is 1.49 bits per heavy atom. The quantitative estimate of drug-likeness (QED) is 0.116. The fourth-order valence-electron chi connectivity index (χ4n) is 5.32. The summed E-state index contributed by atoms with van der Waals surface area (Å²) in [5, 5.41) is -0.877. The number of hydrogen-bond donors (Lipinski definition) is 0. The summed E-state index contributed by atoms with van der Waals surface area (Å²) in [5.41, 5.74) is -2.86. The van der Waals surface area contributed by atoms with Gasteiger partial charge in [-0.15, -0.1) is 0 Å². The van der Waals surface area contributed by atoms with E-state index in [1.165, 1.54) is 18.1 Å². The van der Waals surface area contributed by atoms with Crippen molar-refractivity contribution in [3.63, 3.8) is 0 Å². The molecule has 0 saturated carbocycles. The number of rotatable bonds is 6. The summed E-state index contributed by atoms with van der Waals surface area (Å²) in [7, 11) is 0. The average molecular weight is 637 g/mol. The zero-order valence-corrected chi connectivity index (χ0v) is 23.3. The van der Waals surface area contributed by atoms with Gasteiger partial charge in [-0.3, -0.25) is 0 Å². The fraction of sp³-hybridized carbons (Fsp3) is 0.235. The molecule has 11 heteroatoms. The lowest BCUT2D eigenvalue weighted by atomic mass is 9.83. The van der Waals surface area contributed by atoms with Gasteiger partial charge in [0.25, 0.3) is 0 Å². The summed E-state index contributed by atoms with van der Waals surface area (Å²) in [6.45, 7) is 2.07. The van der Waals surface area contributed by atoms with Crippen molar-refractivity contribution in [1.82, 2.24) is 0 Å². The summed E-state index contributed by atoms with van der Waals surface area (Å²) in [5.74, 6) is -5.52. The maximum atomic E-state index is 15.1. The first-order valence-corrected chi connectivity index (χ1v) is 13.7. The van der Waals surface area contributed by atoms with Crippen LogP contribution >= 0.6 is 0 Å². The van der Waals surface area contributed by atoms with E-state index in [2.05, 4.69) is 17.7 Å². The zero-order valence-electron chi connectivity index (χ0n) is 23.3. The lowest BCUT2D eigenvalue weighted by molar-refractivity contribution is -0.189. The number of alkyl halides is 5. The highest BCUT2D eigenvalue weighted by atomic mass is 19.4. The van der Waals surface area contributed by atoms with Gasteiger partial charge in [-0.05, 0) is 84.2 Å². The molecule has 0 radical (unpaired) electrons. The van der Waals surface area contributed by atoms with Crippen LogP contribution in [0, 0.1) is 46.8 Å². The molecule has 0 aliphatic heterocycles. The Morgan fingerprint density at radius 1 is 0.778 bits per heavy atom. The monoisotopic (exact) mass is 636 g/mol. The third kappa shape index (κ3) is 6.80. The summed E-state index contributed by atoms with van der Waals surface area (Å²) < 4.78 is 146. The van der Waals surface area contributed by atoms with Crippen LogP contribution < -0.4 is 4.74 Å². The van der Waals surface area contributed by atoms with Crippen LogP contribution in [0.1, 0.15) is 48.8 Å². The highest BCUT2D eigenvalue weighted by molar-refractivity contribution is 5.86. The summed E-state index contributed by atoms with van der Waals surface area (Å²) in [6, 6.07) is 8.07. The van der Waals surface area contributed by atoms with E-state index in [0.717, 1.165) is 37.3 Å². The fourth-order valence-corrected chi connectivity index (χ4v) is 5.32. The summed E-state index contributed by atoms with van der Waals surface area (Å²) in [6.07, 6.45) is -2.87. The Bertz CT molecular complexity index is 1840. The SMILES string of the molecule is CCC1C=CC(c2ccc(-c3cc(F)c(C(F)(F)Oc4ccc5c(F)c(C#CC(F)(F)F)c(F)cc5c4)c(F)c3)c(F)c2)CC1. The first-order valence-electron chi connectivity index (χ1n) is 13.7. The first kappa shape index (κ1) is 31.9. The van der Waals surface area contributed by atoms with Gasteiger partial charge in [-0.25, -0.2) is 22.0 Å². The molecule has 4 aromatic rings. The van der Waals surface area contributed by atoms with Gasteiger partial charge in [0.1, 0.15) is 40.4 Å². The Hall–Kier alpha value is -4.46. The molecule has 0 saturated heterocycles. The Morgan fingerprint density at radius 3 is 2.09 bits per heavy atom. The van der Waals surface area contributed by atoms with Crippen LogP contribution in [0.2, 0.25) is 0 Å². The van der Waals surface area contributed by atoms with Gasteiger partial charge in [-0.1, -0.05) is 37.1 Å². The molecule has 0 bridgehead atoms. The minimum atomic E-state index is -5.02. The van der Waals surface area contributed by atoms with Gasteiger partial charge in [0, 0.05) is 22.8 Å². The summed E-state index contributed by atoms with van der Waals surface area (Å²) in [4.78, 5) is 0. The van der Waals surface area contributed by atoms with Crippen LogP contribution in [-0.4, -0.2) is 6.18 Å². The number of halogens is 10. The van der Waals surface area contributed by atoms with E-state index < -0.39 is 69.0 Å². The maximum absolute atomic E-state index is 15.1. The standard InChI is InChI=1S/C34H22F10O/c1-2-18-3-5-19(6-4-18)20-7-9-24(27(35)14-20)22-16-29(37)31(30(38)17-22)34(43,44)45-23-8-10-25-21(13-23)15-28(36)26(32(25)39)11-12-33(40,41)42/h3,5,7-10,13-19H,2,4,6H2,1H3. The van der Waals surface area contributed by atoms with Crippen molar-refractivity contribution in [3.8, 4) is 28.7 Å². The third-order valence-electron chi connectivity index (χ3n) is 7.63. The van der Waals surface area contributed by atoms with E-state index in [4.69, 9.17) is 0 Å². The van der Waals surface area contributed by atoms with E-state index in [0.29, 0.717) is 35.7 Å². The van der Waals surface area contributed by atoms with Crippen molar-refractivity contribution in [2.45, 2.75) is 44.4 Å². The maximum Gasteiger partial charge on any atom is 0.458 e. The van der Waals surface area contributed by atoms with E-state index in [1.54, 1.807) is 6.07 Å². The topological polar surface area (TPSA) is 9.23 Å². The minimum absolute atomic E-state index is 0.0313. The molecule has 1 nitrogen and oxygen atoms in total. The number of hydrogen-bond acceptors (Lipinski definition) is 1. The number of fused-ring (bicyclic) bond motifs is 1. The van der Waals surface area contributed by atoms with Crippen LogP contribution in [-0.2, 0) is 6.11 Å². The normalized spacial score (nSPS) is 16.9. The Kier molecular flexibility index (Phi) is 8.62. The minimum Gasteiger partial charge on any atom is -0.429 e. The molecule has 0 aromatic heterocycles. The van der Waals surface area contributed by atoms with Crippen LogP contribution in [0.3, 0.4) is 0 Å². The number of ether oxygens (including phenoxy) is 1. The molecule has 5 rings (SSSR count). The smallest absolute Gasteiger partial charge is 0.429 e.